The predicted molar refractivity (Wildman–Crippen MR) is 76.8 cm³/mol. The molecule has 1 saturated heterocycles. The van der Waals surface area contributed by atoms with Crippen LogP contribution in [0.1, 0.15) is 45.4 Å². The van der Waals surface area contributed by atoms with Crippen LogP contribution in [0, 0.1) is 5.92 Å². The van der Waals surface area contributed by atoms with Gasteiger partial charge in [0.2, 0.25) is 0 Å². The highest BCUT2D eigenvalue weighted by Gasteiger charge is 2.39. The summed E-state index contributed by atoms with van der Waals surface area (Å²) in [5, 5.41) is 7.04. The molecule has 0 aromatic rings. The lowest BCUT2D eigenvalue weighted by molar-refractivity contribution is -0.168. The Labute approximate surface area is 125 Å². The van der Waals surface area contributed by atoms with Crippen molar-refractivity contribution in [2.45, 2.75) is 57.3 Å². The number of nitrogens with zero attached hydrogens (tertiary/aromatic N) is 1. The number of carbonyl (C=O) groups is 1. The summed E-state index contributed by atoms with van der Waals surface area (Å²) in [4.78, 5) is 16.9. The van der Waals surface area contributed by atoms with E-state index in [9.17, 15) is 4.79 Å². The van der Waals surface area contributed by atoms with E-state index in [2.05, 4.69) is 10.5 Å². The first kappa shape index (κ1) is 14.8. The number of rotatable bonds is 5. The molecule has 6 heteroatoms. The Bertz CT molecular complexity index is 402. The molecule has 1 spiro atoms. The van der Waals surface area contributed by atoms with Crippen LogP contribution in [0.3, 0.4) is 0 Å². The molecule has 2 saturated carbocycles. The van der Waals surface area contributed by atoms with Gasteiger partial charge in [-0.2, -0.15) is 0 Å². The molecule has 0 aromatic carbocycles. The van der Waals surface area contributed by atoms with Crippen LogP contribution in [-0.2, 0) is 19.1 Å². The number of amides is 1. The normalized spacial score (nSPS) is 25.7. The van der Waals surface area contributed by atoms with Gasteiger partial charge in [-0.25, -0.2) is 0 Å². The number of hydrogen-bond acceptors (Lipinski definition) is 5. The number of hydrogen-bond donors (Lipinski definition) is 1. The molecule has 21 heavy (non-hydrogen) atoms. The Balaban J connectivity index is 1.35. The Kier molecular flexibility index (Phi) is 4.45. The van der Waals surface area contributed by atoms with Gasteiger partial charge in [0.1, 0.15) is 0 Å². The Hall–Kier alpha value is -1.14. The zero-order chi connectivity index (χ0) is 14.7. The van der Waals surface area contributed by atoms with Crippen molar-refractivity contribution in [1.82, 2.24) is 5.32 Å². The van der Waals surface area contributed by atoms with Crippen LogP contribution in [0.5, 0.6) is 0 Å². The van der Waals surface area contributed by atoms with Crippen LogP contribution < -0.4 is 5.32 Å². The van der Waals surface area contributed by atoms with Crippen molar-refractivity contribution >= 4 is 11.6 Å². The number of ether oxygens (including phenoxy) is 2. The van der Waals surface area contributed by atoms with Gasteiger partial charge in [-0.1, -0.05) is 5.16 Å². The summed E-state index contributed by atoms with van der Waals surface area (Å²) in [6, 6.07) is 0.250. The molecule has 3 aliphatic rings. The second-order valence-electron chi connectivity index (χ2n) is 6.23. The average Bonchev–Trinajstić information content (AvgIpc) is 3.23. The monoisotopic (exact) mass is 296 g/mol. The maximum atomic E-state index is 11.7. The Morgan fingerprint density at radius 1 is 1.38 bits per heavy atom. The largest absolute Gasteiger partial charge is 0.386 e. The molecule has 1 heterocycles. The SMILES string of the molecule is C[C@@H](NC(=O)CON=C1CCC2(CC1)OCCO2)C1CC1. The Morgan fingerprint density at radius 2 is 2.05 bits per heavy atom. The van der Waals surface area contributed by atoms with E-state index in [-0.39, 0.29) is 24.3 Å². The molecule has 1 aliphatic heterocycles. The van der Waals surface area contributed by atoms with Crippen molar-refractivity contribution in [2.24, 2.45) is 11.1 Å². The molecular weight excluding hydrogens is 272 g/mol. The van der Waals surface area contributed by atoms with Gasteiger partial charge in [0.15, 0.2) is 12.4 Å². The van der Waals surface area contributed by atoms with Crippen molar-refractivity contribution in [1.29, 1.82) is 0 Å². The van der Waals surface area contributed by atoms with E-state index < -0.39 is 0 Å². The third-order valence-electron chi connectivity index (χ3n) is 4.51. The minimum absolute atomic E-state index is 0.00129. The highest BCUT2D eigenvalue weighted by molar-refractivity contribution is 5.85. The third kappa shape index (κ3) is 3.95. The average molecular weight is 296 g/mol. The standard InChI is InChI=1S/C15H24N2O4/c1-11(12-2-3-12)16-14(18)10-21-17-13-4-6-15(7-5-13)19-8-9-20-15/h11-12H,2-10H2,1H3,(H,16,18)/t11-/m1/s1. The minimum atomic E-state index is -0.379. The van der Waals surface area contributed by atoms with Gasteiger partial charge in [-0.15, -0.1) is 0 Å². The summed E-state index contributed by atoms with van der Waals surface area (Å²) in [5.41, 5.74) is 0.989. The Morgan fingerprint density at radius 3 is 2.67 bits per heavy atom. The van der Waals surface area contributed by atoms with E-state index in [4.69, 9.17) is 14.3 Å². The topological polar surface area (TPSA) is 69.2 Å². The summed E-state index contributed by atoms with van der Waals surface area (Å²) >= 11 is 0. The van der Waals surface area contributed by atoms with Gasteiger partial charge in [0, 0.05) is 18.9 Å². The van der Waals surface area contributed by atoms with Crippen molar-refractivity contribution in [3.63, 3.8) is 0 Å². The molecule has 1 atom stereocenters. The fourth-order valence-corrected chi connectivity index (χ4v) is 2.99. The second kappa shape index (κ2) is 6.32. The lowest BCUT2D eigenvalue weighted by atomic mass is 9.92. The molecule has 0 unspecified atom stereocenters. The summed E-state index contributed by atoms with van der Waals surface area (Å²) in [6.07, 6.45) is 5.69. The second-order valence-corrected chi connectivity index (χ2v) is 6.23. The summed E-state index contributed by atoms with van der Waals surface area (Å²) in [7, 11) is 0. The first-order valence-electron chi connectivity index (χ1n) is 7.92. The maximum absolute atomic E-state index is 11.7. The van der Waals surface area contributed by atoms with Crippen molar-refractivity contribution in [3.8, 4) is 0 Å². The molecule has 1 amide bonds. The molecule has 2 aliphatic carbocycles. The molecule has 0 radical (unpaired) electrons. The van der Waals surface area contributed by atoms with Gasteiger partial charge >= 0.3 is 0 Å². The number of carbonyl (C=O) groups excluding carboxylic acids is 1. The van der Waals surface area contributed by atoms with Crippen molar-refractivity contribution < 1.29 is 19.1 Å². The number of nitrogens with one attached hydrogen (secondary N) is 1. The van der Waals surface area contributed by atoms with E-state index in [0.29, 0.717) is 19.1 Å². The lowest BCUT2D eigenvalue weighted by Crippen LogP contribution is -2.36. The van der Waals surface area contributed by atoms with Gasteiger partial charge in [0.05, 0.1) is 18.9 Å². The fourth-order valence-electron chi connectivity index (χ4n) is 2.99. The molecule has 0 aromatic heterocycles. The van der Waals surface area contributed by atoms with Crippen LogP contribution in [0.4, 0.5) is 0 Å². The van der Waals surface area contributed by atoms with Crippen LogP contribution in [-0.4, -0.2) is 43.3 Å². The van der Waals surface area contributed by atoms with Crippen LogP contribution in [0.2, 0.25) is 0 Å². The summed E-state index contributed by atoms with van der Waals surface area (Å²) in [6.45, 7) is 3.41. The first-order valence-corrected chi connectivity index (χ1v) is 7.92. The van der Waals surface area contributed by atoms with Gasteiger partial charge < -0.3 is 19.6 Å². The van der Waals surface area contributed by atoms with Crippen LogP contribution >= 0.6 is 0 Å². The summed E-state index contributed by atoms with van der Waals surface area (Å²) < 4.78 is 11.3. The van der Waals surface area contributed by atoms with Gasteiger partial charge in [-0.3, -0.25) is 4.79 Å². The molecule has 6 nitrogen and oxygen atoms in total. The first-order chi connectivity index (χ1) is 10.2. The van der Waals surface area contributed by atoms with E-state index >= 15 is 0 Å². The van der Waals surface area contributed by atoms with E-state index in [0.717, 1.165) is 31.4 Å². The molecule has 3 rings (SSSR count). The molecule has 0 bridgehead atoms. The van der Waals surface area contributed by atoms with E-state index in [1.807, 2.05) is 6.92 Å². The number of oxime groups is 1. The van der Waals surface area contributed by atoms with Crippen LogP contribution in [0.15, 0.2) is 5.16 Å². The lowest BCUT2D eigenvalue weighted by Gasteiger charge is -2.31. The van der Waals surface area contributed by atoms with Crippen molar-refractivity contribution in [2.75, 3.05) is 19.8 Å². The zero-order valence-electron chi connectivity index (χ0n) is 12.6. The summed E-state index contributed by atoms with van der Waals surface area (Å²) in [5.74, 6) is 0.186. The smallest absolute Gasteiger partial charge is 0.260 e. The van der Waals surface area contributed by atoms with E-state index in [1.54, 1.807) is 0 Å². The zero-order valence-corrected chi connectivity index (χ0v) is 12.6. The molecule has 1 N–H and O–H groups in total. The fraction of sp³-hybridized carbons (Fsp3) is 0.867. The van der Waals surface area contributed by atoms with Gasteiger partial charge in [-0.05, 0) is 38.5 Å². The van der Waals surface area contributed by atoms with E-state index in [1.165, 1.54) is 12.8 Å². The third-order valence-corrected chi connectivity index (χ3v) is 4.51. The molecular formula is C15H24N2O4. The molecule has 3 fully saturated rings. The van der Waals surface area contributed by atoms with Gasteiger partial charge in [0.25, 0.3) is 5.91 Å². The molecule has 118 valence electrons. The maximum Gasteiger partial charge on any atom is 0.260 e. The predicted octanol–water partition coefficient (Wildman–Crippen LogP) is 1.59. The highest BCUT2D eigenvalue weighted by Crippen LogP contribution is 2.34. The quantitative estimate of drug-likeness (QED) is 0.782. The minimum Gasteiger partial charge on any atom is -0.386 e. The van der Waals surface area contributed by atoms with Crippen molar-refractivity contribution in [3.05, 3.63) is 0 Å². The highest BCUT2D eigenvalue weighted by atomic mass is 16.7. The van der Waals surface area contributed by atoms with Crippen LogP contribution in [0.25, 0.3) is 0 Å².